The van der Waals surface area contributed by atoms with Crippen LogP contribution in [-0.4, -0.2) is 23.2 Å². The number of carbonyl (C=O) groups is 1. The van der Waals surface area contributed by atoms with Crippen molar-refractivity contribution in [1.29, 1.82) is 0 Å². The van der Waals surface area contributed by atoms with Crippen LogP contribution < -0.4 is 5.32 Å². The molecule has 0 saturated heterocycles. The van der Waals surface area contributed by atoms with Gasteiger partial charge in [0.1, 0.15) is 5.82 Å². The molecular weight excluding hydrogens is 281 g/mol. The van der Waals surface area contributed by atoms with Gasteiger partial charge in [-0.1, -0.05) is 43.4 Å². The van der Waals surface area contributed by atoms with E-state index < -0.39 is 17.3 Å². The molecule has 0 bridgehead atoms. The zero-order chi connectivity index (χ0) is 14.6. The Balaban J connectivity index is 2.01. The lowest BCUT2D eigenvalue weighted by Gasteiger charge is -2.26. The molecule has 3 nitrogen and oxygen atoms in total. The minimum absolute atomic E-state index is 0.0790. The minimum atomic E-state index is -0.885. The normalized spacial score (nSPS) is 18.4. The van der Waals surface area contributed by atoms with E-state index in [1.165, 1.54) is 18.2 Å². The molecule has 1 fully saturated rings. The minimum Gasteiger partial charge on any atom is -0.388 e. The molecule has 0 aromatic heterocycles. The van der Waals surface area contributed by atoms with Crippen molar-refractivity contribution >= 4 is 17.5 Å². The van der Waals surface area contributed by atoms with Gasteiger partial charge in [-0.05, 0) is 25.0 Å². The summed E-state index contributed by atoms with van der Waals surface area (Å²) in [7, 11) is 0. The van der Waals surface area contributed by atoms with Crippen LogP contribution in [0.3, 0.4) is 0 Å². The fraction of sp³-hybridized carbons (Fsp3) is 0.533. The summed E-state index contributed by atoms with van der Waals surface area (Å²) in [4.78, 5) is 12.0. The number of hydrogen-bond donors (Lipinski definition) is 2. The molecule has 0 unspecified atom stereocenters. The number of benzene rings is 1. The Kier molecular flexibility index (Phi) is 5.00. The topological polar surface area (TPSA) is 49.3 Å². The van der Waals surface area contributed by atoms with Crippen LogP contribution in [0.15, 0.2) is 18.2 Å². The van der Waals surface area contributed by atoms with Gasteiger partial charge in [0.05, 0.1) is 16.2 Å². The summed E-state index contributed by atoms with van der Waals surface area (Å²) in [5.74, 6) is -1.23. The first-order valence-electron chi connectivity index (χ1n) is 6.96. The lowest BCUT2D eigenvalue weighted by Crippen LogP contribution is -2.42. The van der Waals surface area contributed by atoms with Crippen molar-refractivity contribution in [3.05, 3.63) is 34.6 Å². The Hall–Kier alpha value is -1.13. The van der Waals surface area contributed by atoms with E-state index in [1.807, 2.05) is 0 Å². The van der Waals surface area contributed by atoms with Gasteiger partial charge in [-0.3, -0.25) is 4.79 Å². The van der Waals surface area contributed by atoms with E-state index in [-0.39, 0.29) is 17.1 Å². The van der Waals surface area contributed by atoms with E-state index in [1.54, 1.807) is 0 Å². The fourth-order valence-electron chi connectivity index (χ4n) is 2.61. The predicted octanol–water partition coefficient (Wildman–Crippen LogP) is 3.29. The van der Waals surface area contributed by atoms with Crippen molar-refractivity contribution in [1.82, 2.24) is 5.32 Å². The van der Waals surface area contributed by atoms with Gasteiger partial charge in [0.25, 0.3) is 5.91 Å². The summed E-state index contributed by atoms with van der Waals surface area (Å²) in [6, 6.07) is 4.12. The van der Waals surface area contributed by atoms with Crippen molar-refractivity contribution in [3.8, 4) is 0 Å². The van der Waals surface area contributed by atoms with E-state index in [2.05, 4.69) is 5.32 Å². The zero-order valence-corrected chi connectivity index (χ0v) is 12.0. The number of halogens is 2. The first-order valence-corrected chi connectivity index (χ1v) is 7.34. The molecule has 5 heteroatoms. The molecule has 0 aliphatic heterocycles. The van der Waals surface area contributed by atoms with Crippen LogP contribution in [0.2, 0.25) is 5.02 Å². The zero-order valence-electron chi connectivity index (χ0n) is 11.3. The van der Waals surface area contributed by atoms with Crippen molar-refractivity contribution in [2.45, 2.75) is 44.1 Å². The molecule has 1 saturated carbocycles. The smallest absolute Gasteiger partial charge is 0.255 e. The Labute approximate surface area is 123 Å². The summed E-state index contributed by atoms with van der Waals surface area (Å²) >= 11 is 5.84. The Morgan fingerprint density at radius 1 is 1.30 bits per heavy atom. The molecule has 1 aliphatic carbocycles. The van der Waals surface area contributed by atoms with Gasteiger partial charge in [-0.25, -0.2) is 4.39 Å². The summed E-state index contributed by atoms with van der Waals surface area (Å²) < 4.78 is 13.6. The molecule has 1 aromatic carbocycles. The van der Waals surface area contributed by atoms with Crippen LogP contribution in [0.1, 0.15) is 48.9 Å². The van der Waals surface area contributed by atoms with Crippen LogP contribution in [0.25, 0.3) is 0 Å². The number of hydrogen-bond acceptors (Lipinski definition) is 2. The van der Waals surface area contributed by atoms with Crippen LogP contribution in [0.5, 0.6) is 0 Å². The van der Waals surface area contributed by atoms with Crippen molar-refractivity contribution in [3.63, 3.8) is 0 Å². The summed E-state index contributed by atoms with van der Waals surface area (Å²) in [6.07, 6.45) is 5.45. The summed E-state index contributed by atoms with van der Waals surface area (Å²) in [6.45, 7) is 0.135. The maximum absolute atomic E-state index is 13.6. The second-order valence-corrected chi connectivity index (χ2v) is 5.83. The second kappa shape index (κ2) is 6.55. The van der Waals surface area contributed by atoms with Gasteiger partial charge >= 0.3 is 0 Å². The molecule has 0 heterocycles. The van der Waals surface area contributed by atoms with Gasteiger partial charge in [0, 0.05) is 6.54 Å². The van der Waals surface area contributed by atoms with E-state index >= 15 is 0 Å². The molecule has 2 N–H and O–H groups in total. The third kappa shape index (κ3) is 3.70. The van der Waals surface area contributed by atoms with E-state index in [0.717, 1.165) is 25.7 Å². The number of aliphatic hydroxyl groups is 1. The molecule has 20 heavy (non-hydrogen) atoms. The number of amides is 1. The van der Waals surface area contributed by atoms with E-state index in [4.69, 9.17) is 11.6 Å². The van der Waals surface area contributed by atoms with E-state index in [0.29, 0.717) is 12.8 Å². The third-order valence-corrected chi connectivity index (χ3v) is 4.12. The maximum atomic E-state index is 13.6. The van der Waals surface area contributed by atoms with E-state index in [9.17, 15) is 14.3 Å². The molecule has 1 aromatic rings. The Bertz CT molecular complexity index is 465. The van der Waals surface area contributed by atoms with Gasteiger partial charge in [-0.15, -0.1) is 0 Å². The highest BCUT2D eigenvalue weighted by atomic mass is 35.5. The van der Waals surface area contributed by atoms with Crippen molar-refractivity contribution < 1.29 is 14.3 Å². The van der Waals surface area contributed by atoms with Gasteiger partial charge in [-0.2, -0.15) is 0 Å². The second-order valence-electron chi connectivity index (χ2n) is 5.42. The largest absolute Gasteiger partial charge is 0.388 e. The van der Waals surface area contributed by atoms with Crippen LogP contribution in [0.4, 0.5) is 4.39 Å². The first kappa shape index (κ1) is 15.3. The van der Waals surface area contributed by atoms with Gasteiger partial charge in [0.15, 0.2) is 0 Å². The standard InChI is InChI=1S/C15H19ClFNO2/c16-11-6-5-7-12(17)13(11)14(19)18-10-15(20)8-3-1-2-4-9-15/h5-7,20H,1-4,8-10H2,(H,18,19). The highest BCUT2D eigenvalue weighted by molar-refractivity contribution is 6.33. The summed E-state index contributed by atoms with van der Waals surface area (Å²) in [5.41, 5.74) is -1.05. The predicted molar refractivity (Wildman–Crippen MR) is 76.4 cm³/mol. The fourth-order valence-corrected chi connectivity index (χ4v) is 2.86. The van der Waals surface area contributed by atoms with Crippen molar-refractivity contribution in [2.24, 2.45) is 0 Å². The molecule has 0 radical (unpaired) electrons. The van der Waals surface area contributed by atoms with Gasteiger partial charge in [0.2, 0.25) is 0 Å². The SMILES string of the molecule is O=C(NCC1(O)CCCCCC1)c1c(F)cccc1Cl. The highest BCUT2D eigenvalue weighted by Crippen LogP contribution is 2.26. The quantitative estimate of drug-likeness (QED) is 0.841. The number of nitrogens with one attached hydrogen (secondary N) is 1. The lowest BCUT2D eigenvalue weighted by molar-refractivity contribution is 0.0246. The highest BCUT2D eigenvalue weighted by Gasteiger charge is 2.29. The molecule has 0 atom stereocenters. The molecule has 1 aliphatic rings. The van der Waals surface area contributed by atoms with Crippen LogP contribution in [-0.2, 0) is 0 Å². The number of carbonyl (C=O) groups excluding carboxylic acids is 1. The Morgan fingerprint density at radius 3 is 2.55 bits per heavy atom. The molecule has 0 spiro atoms. The van der Waals surface area contributed by atoms with Crippen molar-refractivity contribution in [2.75, 3.05) is 6.54 Å². The molecule has 1 amide bonds. The monoisotopic (exact) mass is 299 g/mol. The van der Waals surface area contributed by atoms with Crippen LogP contribution >= 0.6 is 11.6 Å². The average Bonchev–Trinajstić information content (AvgIpc) is 2.62. The Morgan fingerprint density at radius 2 is 1.95 bits per heavy atom. The number of rotatable bonds is 3. The molecule has 2 rings (SSSR count). The maximum Gasteiger partial charge on any atom is 0.255 e. The van der Waals surface area contributed by atoms with Gasteiger partial charge < -0.3 is 10.4 Å². The van der Waals surface area contributed by atoms with Crippen LogP contribution in [0, 0.1) is 5.82 Å². The first-order chi connectivity index (χ1) is 9.52. The third-order valence-electron chi connectivity index (χ3n) is 3.80. The molecular formula is C15H19ClFNO2. The molecule has 110 valence electrons. The summed E-state index contributed by atoms with van der Waals surface area (Å²) in [5, 5.41) is 13.1. The average molecular weight is 300 g/mol. The lowest BCUT2D eigenvalue weighted by atomic mass is 9.94.